The Morgan fingerprint density at radius 2 is 2.25 bits per heavy atom. The summed E-state index contributed by atoms with van der Waals surface area (Å²) in [5.74, 6) is 1.15. The monoisotopic (exact) mass is 323 g/mol. The molecule has 122 valence electrons. The third kappa shape index (κ3) is 2.66. The highest BCUT2D eigenvalue weighted by atomic mass is 16.2. The van der Waals surface area contributed by atoms with Crippen molar-refractivity contribution in [3.05, 3.63) is 54.6 Å². The van der Waals surface area contributed by atoms with E-state index in [1.165, 1.54) is 0 Å². The molecule has 0 bridgehead atoms. The van der Waals surface area contributed by atoms with Crippen LogP contribution in [0.2, 0.25) is 0 Å². The molecule has 3 aromatic heterocycles. The average Bonchev–Trinajstić information content (AvgIpc) is 3.25. The molecule has 4 heterocycles. The summed E-state index contributed by atoms with van der Waals surface area (Å²) in [6.07, 6.45) is 8.10. The van der Waals surface area contributed by atoms with Gasteiger partial charge in [-0.1, -0.05) is 13.0 Å². The molecule has 1 aliphatic rings. The number of amides is 1. The van der Waals surface area contributed by atoms with Gasteiger partial charge in [0.05, 0.1) is 18.9 Å². The lowest BCUT2D eigenvalue weighted by Gasteiger charge is -2.27. The normalized spacial score (nSPS) is 19.7. The molecule has 0 fully saturated rings. The summed E-state index contributed by atoms with van der Waals surface area (Å²) < 4.78 is 3.96. The highest BCUT2D eigenvalue weighted by Crippen LogP contribution is 2.32. The largest absolute Gasteiger partial charge is 0.333 e. The van der Waals surface area contributed by atoms with Gasteiger partial charge in [-0.05, 0) is 18.6 Å². The summed E-state index contributed by atoms with van der Waals surface area (Å²) >= 11 is 0. The first-order valence-electron chi connectivity index (χ1n) is 7.85. The number of fused-ring (bicyclic) bond motifs is 1. The molecular weight excluding hydrogens is 306 g/mol. The van der Waals surface area contributed by atoms with Gasteiger partial charge in [-0.25, -0.2) is 9.67 Å². The Balaban J connectivity index is 1.54. The summed E-state index contributed by atoms with van der Waals surface area (Å²) in [5.41, 5.74) is 0.342. The Kier molecular flexibility index (Phi) is 3.56. The molecule has 1 N–H and O–H groups in total. The number of imidazole rings is 1. The molecule has 3 aromatic rings. The fraction of sp³-hybridized carbons (Fsp3) is 0.312. The molecule has 0 aliphatic carbocycles. The van der Waals surface area contributed by atoms with E-state index in [-0.39, 0.29) is 17.9 Å². The number of rotatable bonds is 3. The zero-order valence-corrected chi connectivity index (χ0v) is 13.2. The predicted molar refractivity (Wildman–Crippen MR) is 86.5 cm³/mol. The second kappa shape index (κ2) is 5.88. The molecule has 4 rings (SSSR count). The number of anilines is 1. The van der Waals surface area contributed by atoms with E-state index in [0.29, 0.717) is 18.2 Å². The van der Waals surface area contributed by atoms with Crippen molar-refractivity contribution in [2.75, 3.05) is 5.32 Å². The Morgan fingerprint density at radius 3 is 3.00 bits per heavy atom. The van der Waals surface area contributed by atoms with Crippen molar-refractivity contribution in [3.8, 4) is 0 Å². The van der Waals surface area contributed by atoms with E-state index >= 15 is 0 Å². The van der Waals surface area contributed by atoms with Crippen LogP contribution in [-0.4, -0.2) is 35.2 Å². The molecule has 1 amide bonds. The maximum atomic E-state index is 12.2. The Morgan fingerprint density at radius 1 is 1.33 bits per heavy atom. The van der Waals surface area contributed by atoms with E-state index in [1.54, 1.807) is 30.6 Å². The molecule has 2 atom stereocenters. The average molecular weight is 323 g/mol. The van der Waals surface area contributed by atoms with Crippen molar-refractivity contribution >= 4 is 11.9 Å². The Labute approximate surface area is 138 Å². The maximum Gasteiger partial charge on any atom is 0.276 e. The number of carbonyl (C=O) groups is 1. The van der Waals surface area contributed by atoms with Crippen molar-refractivity contribution in [3.63, 3.8) is 0 Å². The van der Waals surface area contributed by atoms with E-state index in [1.807, 2.05) is 17.2 Å². The summed E-state index contributed by atoms with van der Waals surface area (Å²) in [4.78, 5) is 24.8. The van der Waals surface area contributed by atoms with E-state index < -0.39 is 0 Å². The quantitative estimate of drug-likeness (QED) is 0.794. The molecule has 0 saturated carbocycles. The van der Waals surface area contributed by atoms with E-state index in [0.717, 1.165) is 12.2 Å². The van der Waals surface area contributed by atoms with Gasteiger partial charge < -0.3 is 4.57 Å². The van der Waals surface area contributed by atoms with Gasteiger partial charge in [-0.2, -0.15) is 4.98 Å². The summed E-state index contributed by atoms with van der Waals surface area (Å²) in [7, 11) is 0. The van der Waals surface area contributed by atoms with Gasteiger partial charge in [0.1, 0.15) is 11.5 Å². The Bertz CT molecular complexity index is 841. The molecule has 1 aliphatic heterocycles. The van der Waals surface area contributed by atoms with Crippen LogP contribution in [0.3, 0.4) is 0 Å². The third-order valence-corrected chi connectivity index (χ3v) is 4.22. The van der Waals surface area contributed by atoms with Crippen molar-refractivity contribution in [2.24, 2.45) is 0 Å². The first-order valence-corrected chi connectivity index (χ1v) is 7.85. The van der Waals surface area contributed by atoms with Crippen LogP contribution >= 0.6 is 0 Å². The molecule has 0 aromatic carbocycles. The topological polar surface area (TPSA) is 90.5 Å². The highest BCUT2D eigenvalue weighted by molar-refractivity contribution is 6.01. The lowest BCUT2D eigenvalue weighted by atomic mass is 9.97. The van der Waals surface area contributed by atoms with E-state index in [9.17, 15) is 4.79 Å². The minimum atomic E-state index is -0.308. The second-order valence-corrected chi connectivity index (χ2v) is 5.95. The number of nitrogens with zero attached hydrogens (tertiary/aromatic N) is 6. The maximum absolute atomic E-state index is 12.2. The molecule has 8 nitrogen and oxygen atoms in total. The van der Waals surface area contributed by atoms with Crippen LogP contribution in [0.4, 0.5) is 5.95 Å². The minimum Gasteiger partial charge on any atom is -0.333 e. The van der Waals surface area contributed by atoms with E-state index in [4.69, 9.17) is 0 Å². The Hall–Kier alpha value is -3.03. The first kappa shape index (κ1) is 14.6. The number of pyridine rings is 1. The third-order valence-electron chi connectivity index (χ3n) is 4.22. The molecule has 24 heavy (non-hydrogen) atoms. The van der Waals surface area contributed by atoms with Crippen molar-refractivity contribution in [1.29, 1.82) is 0 Å². The van der Waals surface area contributed by atoms with Crippen molar-refractivity contribution < 1.29 is 4.79 Å². The predicted octanol–water partition coefficient (Wildman–Crippen LogP) is 1.87. The molecule has 8 heteroatoms. The van der Waals surface area contributed by atoms with Gasteiger partial charge in [0.2, 0.25) is 5.95 Å². The number of aromatic nitrogens is 6. The minimum absolute atomic E-state index is 0.249. The summed E-state index contributed by atoms with van der Waals surface area (Å²) in [6, 6.07) is 5.48. The number of carbonyl (C=O) groups excluding carboxylic acids is 1. The van der Waals surface area contributed by atoms with Crippen LogP contribution in [0.1, 0.15) is 41.6 Å². The molecule has 2 unspecified atom stereocenters. The standard InChI is InChI=1S/C16H17N7O/c1-11-8-12(22-7-6-17-10-22)9-23-14(11)19-16(21-23)20-15(24)13-4-2-3-5-18-13/h2-7,10-12H,8-9H2,1H3,(H,20,21,24). The zero-order valence-electron chi connectivity index (χ0n) is 13.2. The van der Waals surface area contributed by atoms with Crippen molar-refractivity contribution in [1.82, 2.24) is 29.3 Å². The number of nitrogens with one attached hydrogen (secondary N) is 1. The molecule has 0 spiro atoms. The van der Waals surface area contributed by atoms with Gasteiger partial charge in [0.25, 0.3) is 5.91 Å². The highest BCUT2D eigenvalue weighted by Gasteiger charge is 2.28. The molecule has 0 saturated heterocycles. The van der Waals surface area contributed by atoms with Crippen LogP contribution in [-0.2, 0) is 6.54 Å². The lowest BCUT2D eigenvalue weighted by Crippen LogP contribution is -2.25. The first-order chi connectivity index (χ1) is 11.7. The fourth-order valence-electron chi connectivity index (χ4n) is 3.06. The van der Waals surface area contributed by atoms with Gasteiger partial charge >= 0.3 is 0 Å². The van der Waals surface area contributed by atoms with Crippen LogP contribution in [0.5, 0.6) is 0 Å². The lowest BCUT2D eigenvalue weighted by molar-refractivity contribution is 0.102. The summed E-state index contributed by atoms with van der Waals surface area (Å²) in [6.45, 7) is 2.83. The van der Waals surface area contributed by atoms with Crippen molar-refractivity contribution in [2.45, 2.75) is 31.8 Å². The smallest absolute Gasteiger partial charge is 0.276 e. The van der Waals surface area contributed by atoms with Gasteiger partial charge in [-0.15, -0.1) is 5.10 Å². The van der Waals surface area contributed by atoms with Gasteiger partial charge in [0, 0.05) is 24.5 Å². The van der Waals surface area contributed by atoms with Gasteiger partial charge in [-0.3, -0.25) is 15.1 Å². The van der Waals surface area contributed by atoms with Crippen LogP contribution in [0, 0.1) is 0 Å². The number of hydrogen-bond donors (Lipinski definition) is 1. The fourth-order valence-corrected chi connectivity index (χ4v) is 3.06. The molecular formula is C16H17N7O. The van der Waals surface area contributed by atoms with Crippen LogP contribution in [0.25, 0.3) is 0 Å². The SMILES string of the molecule is CC1CC(n2ccnc2)Cn2nc(NC(=O)c3ccccn3)nc21. The molecule has 0 radical (unpaired) electrons. The van der Waals surface area contributed by atoms with Crippen LogP contribution in [0.15, 0.2) is 43.1 Å². The van der Waals surface area contributed by atoms with E-state index in [2.05, 4.69) is 36.9 Å². The second-order valence-electron chi connectivity index (χ2n) is 5.95. The zero-order chi connectivity index (χ0) is 16.5. The van der Waals surface area contributed by atoms with Crippen LogP contribution < -0.4 is 5.32 Å². The number of hydrogen-bond acceptors (Lipinski definition) is 5. The summed E-state index contributed by atoms with van der Waals surface area (Å²) in [5, 5.41) is 7.16. The van der Waals surface area contributed by atoms with Gasteiger partial charge in [0.15, 0.2) is 0 Å².